The highest BCUT2D eigenvalue weighted by atomic mass is 19.1. The Bertz CT molecular complexity index is 650. The molecule has 2 N–H and O–H groups in total. The maximum absolute atomic E-state index is 14.0. The van der Waals surface area contributed by atoms with E-state index in [9.17, 15) is 4.39 Å². The first-order valence-corrected chi connectivity index (χ1v) is 10.6. The number of nitrogens with one attached hydrogen (secondary N) is 2. The zero-order valence-corrected chi connectivity index (χ0v) is 17.5. The number of halogens is 1. The van der Waals surface area contributed by atoms with Crippen molar-refractivity contribution >= 4 is 11.8 Å². The van der Waals surface area contributed by atoms with Crippen LogP contribution in [0.2, 0.25) is 0 Å². The van der Waals surface area contributed by atoms with Gasteiger partial charge in [0.15, 0.2) is 17.6 Å². The maximum atomic E-state index is 14.0. The predicted octanol–water partition coefficient (Wildman–Crippen LogP) is 2.47. The summed E-state index contributed by atoms with van der Waals surface area (Å²) >= 11 is 0. The molecule has 2 aliphatic rings. The van der Waals surface area contributed by atoms with E-state index in [4.69, 9.17) is 0 Å². The lowest BCUT2D eigenvalue weighted by Crippen LogP contribution is -2.51. The van der Waals surface area contributed by atoms with Crippen LogP contribution < -0.4 is 15.5 Å². The third-order valence-electron chi connectivity index (χ3n) is 5.65. The van der Waals surface area contributed by atoms with Crippen LogP contribution in [0.5, 0.6) is 0 Å². The van der Waals surface area contributed by atoms with Gasteiger partial charge in [-0.15, -0.1) is 0 Å². The van der Waals surface area contributed by atoms with Crippen LogP contribution in [0, 0.1) is 11.7 Å². The Morgan fingerprint density at radius 2 is 2.18 bits per heavy atom. The number of rotatable bonds is 6. The van der Waals surface area contributed by atoms with Crippen LogP contribution >= 0.6 is 0 Å². The van der Waals surface area contributed by atoms with Gasteiger partial charge in [-0.3, -0.25) is 9.89 Å². The summed E-state index contributed by atoms with van der Waals surface area (Å²) in [7, 11) is 1.81. The van der Waals surface area contributed by atoms with E-state index in [2.05, 4.69) is 39.4 Å². The summed E-state index contributed by atoms with van der Waals surface area (Å²) in [4.78, 5) is 13.2. The average molecular weight is 391 g/mol. The third-order valence-corrected chi connectivity index (χ3v) is 5.65. The fourth-order valence-electron chi connectivity index (χ4n) is 4.28. The van der Waals surface area contributed by atoms with Crippen molar-refractivity contribution in [3.63, 3.8) is 0 Å². The number of hydrogen-bond acceptors (Lipinski definition) is 4. The first-order chi connectivity index (χ1) is 13.6. The fraction of sp³-hybridized carbons (Fsp3) is 0.714. The average Bonchev–Trinajstić information content (AvgIpc) is 3.14. The van der Waals surface area contributed by atoms with Gasteiger partial charge >= 0.3 is 0 Å². The molecule has 6 nitrogen and oxygen atoms in total. The standard InChI is InChI=1S/C21H35FN6/c1-16(2)14-27-11-5-4-7-18(27)13-25-21(23-3)26-17-9-12-28(15-17)20-19(22)8-6-10-24-20/h6,8,10,16-18H,4-5,7,9,11-15H2,1-3H3,(H2,23,25,26). The van der Waals surface area contributed by atoms with Crippen LogP contribution in [0.25, 0.3) is 0 Å². The van der Waals surface area contributed by atoms with Gasteiger partial charge in [-0.1, -0.05) is 20.3 Å². The normalized spacial score (nSPS) is 24.0. The van der Waals surface area contributed by atoms with Crippen LogP contribution in [0.15, 0.2) is 23.3 Å². The van der Waals surface area contributed by atoms with E-state index >= 15 is 0 Å². The van der Waals surface area contributed by atoms with Gasteiger partial charge in [-0.05, 0) is 43.9 Å². The first-order valence-electron chi connectivity index (χ1n) is 10.6. The molecule has 2 aliphatic heterocycles. The largest absolute Gasteiger partial charge is 0.355 e. The Balaban J connectivity index is 1.49. The van der Waals surface area contributed by atoms with E-state index in [0.29, 0.717) is 17.8 Å². The molecule has 0 spiro atoms. The van der Waals surface area contributed by atoms with Crippen molar-refractivity contribution in [2.24, 2.45) is 10.9 Å². The third kappa shape index (κ3) is 5.56. The lowest BCUT2D eigenvalue weighted by molar-refractivity contribution is 0.133. The number of aliphatic imine (C=N–C) groups is 1. The van der Waals surface area contributed by atoms with E-state index in [0.717, 1.165) is 38.6 Å². The minimum absolute atomic E-state index is 0.241. The quantitative estimate of drug-likeness (QED) is 0.577. The number of aromatic nitrogens is 1. The molecular weight excluding hydrogens is 355 g/mol. The molecular formula is C21H35FN6. The van der Waals surface area contributed by atoms with Gasteiger partial charge in [0, 0.05) is 51.5 Å². The molecule has 1 aromatic rings. The number of likely N-dealkylation sites (tertiary alicyclic amines) is 1. The Kier molecular flexibility index (Phi) is 7.48. The van der Waals surface area contributed by atoms with Crippen LogP contribution in [-0.4, -0.2) is 67.7 Å². The van der Waals surface area contributed by atoms with Crippen LogP contribution in [0.1, 0.15) is 39.5 Å². The molecule has 2 fully saturated rings. The van der Waals surface area contributed by atoms with Gasteiger partial charge in [0.1, 0.15) is 0 Å². The van der Waals surface area contributed by atoms with E-state index < -0.39 is 0 Å². The van der Waals surface area contributed by atoms with E-state index in [1.807, 2.05) is 11.9 Å². The minimum atomic E-state index is -0.256. The highest BCUT2D eigenvalue weighted by Gasteiger charge is 2.27. The Labute approximate surface area is 168 Å². The number of anilines is 1. The van der Waals surface area contributed by atoms with Crippen LogP contribution in [0.4, 0.5) is 10.2 Å². The summed E-state index contributed by atoms with van der Waals surface area (Å²) < 4.78 is 14.0. The molecule has 0 radical (unpaired) electrons. The lowest BCUT2D eigenvalue weighted by atomic mass is 10.0. The zero-order chi connectivity index (χ0) is 19.9. The molecule has 156 valence electrons. The summed E-state index contributed by atoms with van der Waals surface area (Å²) in [6.07, 6.45) is 6.44. The highest BCUT2D eigenvalue weighted by Crippen LogP contribution is 2.21. The molecule has 0 aliphatic carbocycles. The Hall–Kier alpha value is -1.89. The van der Waals surface area contributed by atoms with Crippen molar-refractivity contribution in [1.29, 1.82) is 0 Å². The van der Waals surface area contributed by atoms with Gasteiger partial charge in [0.25, 0.3) is 0 Å². The summed E-state index contributed by atoms with van der Waals surface area (Å²) in [6.45, 7) is 9.38. The summed E-state index contributed by atoms with van der Waals surface area (Å²) in [6, 6.07) is 3.91. The molecule has 7 heteroatoms. The second-order valence-electron chi connectivity index (χ2n) is 8.38. The molecule has 2 unspecified atom stereocenters. The van der Waals surface area contributed by atoms with Crippen molar-refractivity contribution in [3.05, 3.63) is 24.1 Å². The first kappa shape index (κ1) is 20.8. The molecule has 1 aromatic heterocycles. The summed E-state index contributed by atoms with van der Waals surface area (Å²) in [5, 5.41) is 7.03. The molecule has 28 heavy (non-hydrogen) atoms. The molecule has 2 atom stereocenters. The van der Waals surface area contributed by atoms with E-state index in [1.54, 1.807) is 12.3 Å². The fourth-order valence-corrected chi connectivity index (χ4v) is 4.28. The second kappa shape index (κ2) is 10.0. The van der Waals surface area contributed by atoms with E-state index in [-0.39, 0.29) is 11.9 Å². The molecule has 2 saturated heterocycles. The van der Waals surface area contributed by atoms with Crippen molar-refractivity contribution in [1.82, 2.24) is 20.5 Å². The maximum Gasteiger partial charge on any atom is 0.191 e. The predicted molar refractivity (Wildman–Crippen MR) is 113 cm³/mol. The van der Waals surface area contributed by atoms with Gasteiger partial charge in [-0.25, -0.2) is 9.37 Å². The smallest absolute Gasteiger partial charge is 0.191 e. The molecule has 3 heterocycles. The lowest BCUT2D eigenvalue weighted by Gasteiger charge is -2.37. The van der Waals surface area contributed by atoms with E-state index in [1.165, 1.54) is 31.9 Å². The number of nitrogens with zero attached hydrogens (tertiary/aromatic N) is 4. The SMILES string of the molecule is CN=C(NCC1CCCCN1CC(C)C)NC1CCN(c2ncccc2F)C1. The van der Waals surface area contributed by atoms with Crippen molar-refractivity contribution in [2.45, 2.75) is 51.6 Å². The van der Waals surface area contributed by atoms with Crippen molar-refractivity contribution < 1.29 is 4.39 Å². The zero-order valence-electron chi connectivity index (χ0n) is 17.5. The Morgan fingerprint density at radius 3 is 2.93 bits per heavy atom. The van der Waals surface area contributed by atoms with Crippen LogP contribution in [-0.2, 0) is 0 Å². The highest BCUT2D eigenvalue weighted by molar-refractivity contribution is 5.80. The topological polar surface area (TPSA) is 55.8 Å². The van der Waals surface area contributed by atoms with Gasteiger partial charge in [0.2, 0.25) is 0 Å². The minimum Gasteiger partial charge on any atom is -0.355 e. The molecule has 0 saturated carbocycles. The van der Waals surface area contributed by atoms with Crippen molar-refractivity contribution in [2.75, 3.05) is 44.7 Å². The number of guanidine groups is 1. The second-order valence-corrected chi connectivity index (χ2v) is 8.38. The Morgan fingerprint density at radius 1 is 1.32 bits per heavy atom. The molecule has 0 amide bonds. The molecule has 0 aromatic carbocycles. The summed E-state index contributed by atoms with van der Waals surface area (Å²) in [5.41, 5.74) is 0. The number of pyridine rings is 1. The molecule has 0 bridgehead atoms. The molecule has 3 rings (SSSR count). The summed E-state index contributed by atoms with van der Waals surface area (Å²) in [5.74, 6) is 1.72. The van der Waals surface area contributed by atoms with Crippen molar-refractivity contribution in [3.8, 4) is 0 Å². The number of hydrogen-bond donors (Lipinski definition) is 2. The van der Waals surface area contributed by atoms with Crippen LogP contribution in [0.3, 0.4) is 0 Å². The monoisotopic (exact) mass is 390 g/mol. The van der Waals surface area contributed by atoms with Gasteiger partial charge in [-0.2, -0.15) is 0 Å². The van der Waals surface area contributed by atoms with Gasteiger partial charge < -0.3 is 15.5 Å². The number of piperidine rings is 1. The van der Waals surface area contributed by atoms with Gasteiger partial charge in [0.05, 0.1) is 0 Å².